The van der Waals surface area contributed by atoms with Crippen LogP contribution < -0.4 is 9.47 Å². The molecule has 7 heteroatoms. The number of carbonyl (C=O) groups excluding carboxylic acids is 2. The van der Waals surface area contributed by atoms with Crippen LogP contribution in [-0.4, -0.2) is 16.5 Å². The number of hydrogen-bond donors (Lipinski definition) is 0. The van der Waals surface area contributed by atoms with Gasteiger partial charge in [0, 0.05) is 11.6 Å². The summed E-state index contributed by atoms with van der Waals surface area (Å²) in [5, 5.41) is 11.4. The number of nitrogens with zero attached hydrogens (tertiary/aromatic N) is 1. The number of para-hydroxylation sites is 2. The van der Waals surface area contributed by atoms with E-state index in [2.05, 4.69) is 0 Å². The molecule has 29 heavy (non-hydrogen) atoms. The van der Waals surface area contributed by atoms with Gasteiger partial charge in [0.05, 0.1) is 4.92 Å². The molecule has 1 aliphatic rings. The van der Waals surface area contributed by atoms with E-state index in [0.29, 0.717) is 11.5 Å². The number of carbonyl (C=O) groups is 2. The van der Waals surface area contributed by atoms with Gasteiger partial charge in [0.1, 0.15) is 17.1 Å². The lowest BCUT2D eigenvalue weighted by molar-refractivity contribution is -0.385. The van der Waals surface area contributed by atoms with Gasteiger partial charge in [-0.2, -0.15) is 0 Å². The summed E-state index contributed by atoms with van der Waals surface area (Å²) >= 11 is 0. The van der Waals surface area contributed by atoms with Crippen LogP contribution in [0.4, 0.5) is 5.69 Å². The van der Waals surface area contributed by atoms with Crippen molar-refractivity contribution in [3.63, 3.8) is 0 Å². The van der Waals surface area contributed by atoms with E-state index in [1.54, 1.807) is 60.7 Å². The summed E-state index contributed by atoms with van der Waals surface area (Å²) in [5.41, 5.74) is -0.877. The predicted octanol–water partition coefficient (Wildman–Crippen LogP) is 4.34. The molecule has 1 aliphatic carbocycles. The van der Waals surface area contributed by atoms with E-state index in [1.807, 2.05) is 0 Å². The number of nitro groups is 1. The Balaban J connectivity index is 1.88. The van der Waals surface area contributed by atoms with Crippen LogP contribution in [-0.2, 0) is 0 Å². The zero-order valence-electron chi connectivity index (χ0n) is 14.9. The Morgan fingerprint density at radius 1 is 0.655 bits per heavy atom. The van der Waals surface area contributed by atoms with E-state index in [9.17, 15) is 19.7 Å². The highest BCUT2D eigenvalue weighted by Gasteiger charge is 2.40. The summed E-state index contributed by atoms with van der Waals surface area (Å²) in [7, 11) is 0. The van der Waals surface area contributed by atoms with Gasteiger partial charge >= 0.3 is 0 Å². The third kappa shape index (κ3) is 3.37. The van der Waals surface area contributed by atoms with Crippen LogP contribution in [0.3, 0.4) is 0 Å². The fourth-order valence-corrected chi connectivity index (χ4v) is 2.96. The fourth-order valence-electron chi connectivity index (χ4n) is 2.96. The molecule has 0 amide bonds. The highest BCUT2D eigenvalue weighted by atomic mass is 16.6. The molecule has 0 radical (unpaired) electrons. The summed E-state index contributed by atoms with van der Waals surface area (Å²) in [6, 6.07) is 20.7. The number of nitro benzene ring substituents is 1. The first-order chi connectivity index (χ1) is 14.1. The lowest BCUT2D eigenvalue weighted by Crippen LogP contribution is -2.28. The van der Waals surface area contributed by atoms with E-state index in [0.717, 1.165) is 0 Å². The molecule has 0 aliphatic heterocycles. The van der Waals surface area contributed by atoms with E-state index in [4.69, 9.17) is 9.47 Å². The highest BCUT2D eigenvalue weighted by Crippen LogP contribution is 2.34. The molecular formula is C22H13NO6. The fraction of sp³-hybridized carbons (Fsp3) is 0. The van der Waals surface area contributed by atoms with Crippen molar-refractivity contribution in [1.82, 2.24) is 0 Å². The Morgan fingerprint density at radius 3 is 1.69 bits per heavy atom. The minimum Gasteiger partial charge on any atom is -0.449 e. The van der Waals surface area contributed by atoms with Crippen molar-refractivity contribution in [2.75, 3.05) is 0 Å². The molecule has 4 rings (SSSR count). The van der Waals surface area contributed by atoms with Crippen LogP contribution in [0.15, 0.2) is 90.4 Å². The third-order valence-electron chi connectivity index (χ3n) is 4.26. The quantitative estimate of drug-likeness (QED) is 0.477. The van der Waals surface area contributed by atoms with Crippen LogP contribution in [0.25, 0.3) is 0 Å². The minimum absolute atomic E-state index is 0.101. The van der Waals surface area contributed by atoms with Crippen molar-refractivity contribution >= 4 is 17.3 Å². The van der Waals surface area contributed by atoms with Gasteiger partial charge in [0.15, 0.2) is 0 Å². The van der Waals surface area contributed by atoms with Crippen LogP contribution in [0.1, 0.15) is 20.7 Å². The number of benzene rings is 3. The monoisotopic (exact) mass is 387 g/mol. The van der Waals surface area contributed by atoms with E-state index < -0.39 is 27.9 Å². The SMILES string of the molecule is O=C1C(Oc2ccccc2)=C(Oc2ccccc2)C(=O)c2c1cccc2[N+](=O)[O-]. The molecule has 0 aromatic heterocycles. The van der Waals surface area contributed by atoms with Gasteiger partial charge in [-0.15, -0.1) is 0 Å². The van der Waals surface area contributed by atoms with Crippen molar-refractivity contribution in [2.24, 2.45) is 0 Å². The van der Waals surface area contributed by atoms with Gasteiger partial charge < -0.3 is 9.47 Å². The van der Waals surface area contributed by atoms with Crippen LogP contribution in [0.5, 0.6) is 11.5 Å². The summed E-state index contributed by atoms with van der Waals surface area (Å²) in [5.74, 6) is -1.56. The Morgan fingerprint density at radius 2 is 1.17 bits per heavy atom. The first kappa shape index (κ1) is 18.1. The van der Waals surface area contributed by atoms with Crippen LogP contribution in [0.2, 0.25) is 0 Å². The molecule has 3 aromatic carbocycles. The molecule has 7 nitrogen and oxygen atoms in total. The Bertz CT molecular complexity index is 1150. The average Bonchev–Trinajstić information content (AvgIpc) is 2.75. The summed E-state index contributed by atoms with van der Waals surface area (Å²) in [4.78, 5) is 37.0. The standard InChI is InChI=1S/C22H13NO6/c24-19-16-12-7-13-17(23(26)27)18(16)20(25)22(29-15-10-5-2-6-11-15)21(19)28-14-8-3-1-4-9-14/h1-13H. The first-order valence-corrected chi connectivity index (χ1v) is 8.63. The number of rotatable bonds is 5. The molecule has 0 spiro atoms. The van der Waals surface area contributed by atoms with Crippen LogP contribution in [0, 0.1) is 10.1 Å². The Labute approximate surface area is 165 Å². The van der Waals surface area contributed by atoms with Crippen molar-refractivity contribution in [3.8, 4) is 11.5 Å². The lowest BCUT2D eigenvalue weighted by atomic mass is 9.90. The molecule has 3 aromatic rings. The van der Waals surface area contributed by atoms with E-state index >= 15 is 0 Å². The van der Waals surface area contributed by atoms with Crippen molar-refractivity contribution in [3.05, 3.63) is 112 Å². The molecule has 0 atom stereocenters. The number of ether oxygens (including phenoxy) is 2. The van der Waals surface area contributed by atoms with Crippen molar-refractivity contribution < 1.29 is 24.0 Å². The van der Waals surface area contributed by atoms with Gasteiger partial charge in [-0.1, -0.05) is 42.5 Å². The first-order valence-electron chi connectivity index (χ1n) is 8.63. The maximum atomic E-state index is 13.2. The zero-order chi connectivity index (χ0) is 20.4. The zero-order valence-corrected chi connectivity index (χ0v) is 14.9. The molecule has 0 unspecified atom stereocenters. The topological polar surface area (TPSA) is 95.7 Å². The smallest absolute Gasteiger partial charge is 0.281 e. The predicted molar refractivity (Wildman–Crippen MR) is 103 cm³/mol. The van der Waals surface area contributed by atoms with E-state index in [1.165, 1.54) is 18.2 Å². The van der Waals surface area contributed by atoms with Gasteiger partial charge in [-0.25, -0.2) is 0 Å². The number of fused-ring (bicyclic) bond motifs is 1. The van der Waals surface area contributed by atoms with Gasteiger partial charge in [-0.3, -0.25) is 19.7 Å². The molecule has 0 saturated heterocycles. The second kappa shape index (κ2) is 7.40. The maximum absolute atomic E-state index is 13.2. The average molecular weight is 387 g/mol. The van der Waals surface area contributed by atoms with E-state index in [-0.39, 0.29) is 16.9 Å². The van der Waals surface area contributed by atoms with Gasteiger partial charge in [-0.05, 0) is 30.3 Å². The minimum atomic E-state index is -0.790. The second-order valence-corrected chi connectivity index (χ2v) is 6.10. The molecular weight excluding hydrogens is 374 g/mol. The number of allylic oxidation sites excluding steroid dienone is 2. The third-order valence-corrected chi connectivity index (χ3v) is 4.26. The Kier molecular flexibility index (Phi) is 4.62. The van der Waals surface area contributed by atoms with Gasteiger partial charge in [0.2, 0.25) is 23.1 Å². The lowest BCUT2D eigenvalue weighted by Gasteiger charge is -2.21. The van der Waals surface area contributed by atoms with Crippen molar-refractivity contribution in [2.45, 2.75) is 0 Å². The second-order valence-electron chi connectivity index (χ2n) is 6.10. The number of Topliss-reactive ketones (excluding diaryl/α,β-unsaturated/α-hetero) is 2. The number of ketones is 2. The van der Waals surface area contributed by atoms with Gasteiger partial charge in [0.25, 0.3) is 5.69 Å². The summed E-state index contributed by atoms with van der Waals surface area (Å²) in [6.45, 7) is 0. The molecule has 0 N–H and O–H groups in total. The molecule has 0 bridgehead atoms. The molecule has 0 saturated carbocycles. The summed E-state index contributed by atoms with van der Waals surface area (Å²) < 4.78 is 11.4. The molecule has 0 heterocycles. The number of hydrogen-bond acceptors (Lipinski definition) is 6. The molecule has 142 valence electrons. The highest BCUT2D eigenvalue weighted by molar-refractivity contribution is 6.27. The Hall–Kier alpha value is -4.26. The normalized spacial score (nSPS) is 13.1. The summed E-state index contributed by atoms with van der Waals surface area (Å²) in [6.07, 6.45) is 0. The largest absolute Gasteiger partial charge is 0.449 e. The van der Waals surface area contributed by atoms with Crippen LogP contribution >= 0.6 is 0 Å². The molecule has 0 fully saturated rings. The van der Waals surface area contributed by atoms with Crippen molar-refractivity contribution in [1.29, 1.82) is 0 Å². The maximum Gasteiger partial charge on any atom is 0.281 e.